The zero-order valence-corrected chi connectivity index (χ0v) is 11.0. The van der Waals surface area contributed by atoms with Crippen molar-refractivity contribution in [2.75, 3.05) is 13.1 Å². The van der Waals surface area contributed by atoms with Crippen LogP contribution in [0.5, 0.6) is 0 Å². The predicted octanol–water partition coefficient (Wildman–Crippen LogP) is 3.50. The Hall–Kier alpha value is -1.49. The van der Waals surface area contributed by atoms with Crippen molar-refractivity contribution in [2.45, 2.75) is 38.6 Å². The number of nitro groups is 1. The highest BCUT2D eigenvalue weighted by Gasteiger charge is 2.15. The highest BCUT2D eigenvalue weighted by atomic mass is 19.1. The molecule has 0 unspecified atom stereocenters. The first-order valence-corrected chi connectivity index (χ1v) is 6.82. The first-order chi connectivity index (χ1) is 9.16. The van der Waals surface area contributed by atoms with Gasteiger partial charge in [-0.25, -0.2) is 0 Å². The lowest BCUT2D eigenvalue weighted by Gasteiger charge is -2.24. The molecule has 1 heterocycles. The third kappa shape index (κ3) is 3.99. The minimum atomic E-state index is -0.741. The molecular weight excluding hydrogens is 247 g/mol. The maximum atomic E-state index is 13.5. The van der Waals surface area contributed by atoms with E-state index in [1.54, 1.807) is 6.07 Å². The quantitative estimate of drug-likeness (QED) is 0.621. The van der Waals surface area contributed by atoms with Crippen molar-refractivity contribution >= 4 is 5.69 Å². The Morgan fingerprint density at radius 1 is 1.16 bits per heavy atom. The molecule has 1 aromatic rings. The predicted molar refractivity (Wildman–Crippen MR) is 71.4 cm³/mol. The zero-order valence-electron chi connectivity index (χ0n) is 11.0. The second-order valence-corrected chi connectivity index (χ2v) is 5.09. The van der Waals surface area contributed by atoms with Crippen molar-refractivity contribution in [3.05, 3.63) is 39.7 Å². The summed E-state index contributed by atoms with van der Waals surface area (Å²) in [5.74, 6) is -0.741. The molecule has 0 aliphatic carbocycles. The molecule has 0 N–H and O–H groups in total. The van der Waals surface area contributed by atoms with Crippen LogP contribution < -0.4 is 0 Å². The van der Waals surface area contributed by atoms with E-state index < -0.39 is 16.4 Å². The van der Waals surface area contributed by atoms with Crippen LogP contribution in [-0.4, -0.2) is 22.9 Å². The van der Waals surface area contributed by atoms with Crippen LogP contribution in [0.4, 0.5) is 10.1 Å². The van der Waals surface area contributed by atoms with Crippen LogP contribution in [0.1, 0.15) is 37.7 Å². The topological polar surface area (TPSA) is 46.4 Å². The molecule has 0 amide bonds. The molecule has 1 aromatic carbocycles. The van der Waals surface area contributed by atoms with E-state index in [-0.39, 0.29) is 0 Å². The van der Waals surface area contributed by atoms with Gasteiger partial charge in [0.2, 0.25) is 5.82 Å². The summed E-state index contributed by atoms with van der Waals surface area (Å²) in [4.78, 5) is 12.2. The maximum Gasteiger partial charge on any atom is 0.304 e. The molecule has 104 valence electrons. The second kappa shape index (κ2) is 6.61. The van der Waals surface area contributed by atoms with Gasteiger partial charge in [-0.05, 0) is 37.6 Å². The number of nitrogens with zero attached hydrogens (tertiary/aromatic N) is 2. The van der Waals surface area contributed by atoms with E-state index in [0.717, 1.165) is 18.7 Å². The lowest BCUT2D eigenvalue weighted by Crippen LogP contribution is -2.26. The van der Waals surface area contributed by atoms with E-state index in [9.17, 15) is 14.5 Å². The number of hydrogen-bond acceptors (Lipinski definition) is 3. The maximum absolute atomic E-state index is 13.5. The summed E-state index contributed by atoms with van der Waals surface area (Å²) in [6, 6.07) is 4.20. The molecule has 0 aromatic heterocycles. The Morgan fingerprint density at radius 3 is 2.37 bits per heavy atom. The van der Waals surface area contributed by atoms with E-state index >= 15 is 0 Å². The van der Waals surface area contributed by atoms with E-state index in [1.807, 2.05) is 0 Å². The van der Waals surface area contributed by atoms with Gasteiger partial charge >= 0.3 is 5.69 Å². The number of nitro benzene ring substituents is 1. The van der Waals surface area contributed by atoms with Crippen molar-refractivity contribution in [1.82, 2.24) is 4.90 Å². The SMILES string of the molecule is O=[N+]([O-])c1ccc(CN2CCCCCCC2)cc1F. The van der Waals surface area contributed by atoms with Gasteiger partial charge in [0, 0.05) is 12.6 Å². The van der Waals surface area contributed by atoms with Gasteiger partial charge in [0.25, 0.3) is 0 Å². The Kier molecular flexibility index (Phi) is 4.85. The van der Waals surface area contributed by atoms with Gasteiger partial charge in [0.1, 0.15) is 0 Å². The molecule has 0 saturated carbocycles. The molecule has 1 aliphatic rings. The smallest absolute Gasteiger partial charge is 0.299 e. The van der Waals surface area contributed by atoms with Crippen LogP contribution in [0.2, 0.25) is 0 Å². The van der Waals surface area contributed by atoms with Crippen molar-refractivity contribution in [2.24, 2.45) is 0 Å². The summed E-state index contributed by atoms with van der Waals surface area (Å²) in [5.41, 5.74) is 0.361. The van der Waals surface area contributed by atoms with Crippen molar-refractivity contribution in [1.29, 1.82) is 0 Å². The van der Waals surface area contributed by atoms with Crippen LogP contribution in [0.25, 0.3) is 0 Å². The monoisotopic (exact) mass is 266 g/mol. The highest BCUT2D eigenvalue weighted by Crippen LogP contribution is 2.20. The number of halogens is 1. The van der Waals surface area contributed by atoms with E-state index in [4.69, 9.17) is 0 Å². The van der Waals surface area contributed by atoms with Crippen LogP contribution in [0.3, 0.4) is 0 Å². The fourth-order valence-electron chi connectivity index (χ4n) is 2.53. The average Bonchev–Trinajstić information content (AvgIpc) is 2.32. The third-order valence-corrected chi connectivity index (χ3v) is 3.56. The van der Waals surface area contributed by atoms with Crippen molar-refractivity contribution < 1.29 is 9.31 Å². The first kappa shape index (κ1) is 13.9. The normalized spacial score (nSPS) is 17.7. The summed E-state index contributed by atoms with van der Waals surface area (Å²) in [6.45, 7) is 2.73. The summed E-state index contributed by atoms with van der Waals surface area (Å²) >= 11 is 0. The average molecular weight is 266 g/mol. The van der Waals surface area contributed by atoms with Gasteiger partial charge < -0.3 is 0 Å². The fraction of sp³-hybridized carbons (Fsp3) is 0.571. The molecule has 4 nitrogen and oxygen atoms in total. The lowest BCUT2D eigenvalue weighted by molar-refractivity contribution is -0.387. The summed E-state index contributed by atoms with van der Waals surface area (Å²) < 4.78 is 13.5. The molecule has 1 aliphatic heterocycles. The van der Waals surface area contributed by atoms with E-state index in [2.05, 4.69) is 4.90 Å². The number of hydrogen-bond donors (Lipinski definition) is 0. The van der Waals surface area contributed by atoms with Crippen LogP contribution in [0, 0.1) is 15.9 Å². The van der Waals surface area contributed by atoms with Crippen LogP contribution in [0.15, 0.2) is 18.2 Å². The molecule has 1 saturated heterocycles. The largest absolute Gasteiger partial charge is 0.304 e. The van der Waals surface area contributed by atoms with Gasteiger partial charge in [-0.2, -0.15) is 4.39 Å². The first-order valence-electron chi connectivity index (χ1n) is 6.82. The molecule has 0 spiro atoms. The van der Waals surface area contributed by atoms with Gasteiger partial charge in [-0.3, -0.25) is 15.0 Å². The highest BCUT2D eigenvalue weighted by molar-refractivity contribution is 5.34. The number of rotatable bonds is 3. The van der Waals surface area contributed by atoms with E-state index in [0.29, 0.717) is 6.54 Å². The summed E-state index contributed by atoms with van der Waals surface area (Å²) in [7, 11) is 0. The van der Waals surface area contributed by atoms with Crippen LogP contribution >= 0.6 is 0 Å². The number of benzene rings is 1. The Morgan fingerprint density at radius 2 is 1.79 bits per heavy atom. The second-order valence-electron chi connectivity index (χ2n) is 5.09. The molecule has 0 bridgehead atoms. The molecule has 0 atom stereocenters. The third-order valence-electron chi connectivity index (χ3n) is 3.56. The standard InChI is InChI=1S/C14H19FN2O2/c15-13-10-12(6-7-14(13)17(18)19)11-16-8-4-2-1-3-5-9-16/h6-7,10H,1-5,8-9,11H2. The zero-order chi connectivity index (χ0) is 13.7. The minimum absolute atomic E-state index is 0.448. The molecule has 0 radical (unpaired) electrons. The minimum Gasteiger partial charge on any atom is -0.299 e. The van der Waals surface area contributed by atoms with Gasteiger partial charge in [-0.1, -0.05) is 25.3 Å². The Labute approximate surface area is 112 Å². The van der Waals surface area contributed by atoms with Gasteiger partial charge in [0.15, 0.2) is 0 Å². The molecule has 2 rings (SSSR count). The van der Waals surface area contributed by atoms with Crippen molar-refractivity contribution in [3.63, 3.8) is 0 Å². The molecule has 5 heteroatoms. The Balaban J connectivity index is 2.01. The van der Waals surface area contributed by atoms with Gasteiger partial charge in [0.05, 0.1) is 4.92 Å². The summed E-state index contributed by atoms with van der Waals surface area (Å²) in [5, 5.41) is 10.6. The fourth-order valence-corrected chi connectivity index (χ4v) is 2.53. The molecular formula is C14H19FN2O2. The molecule has 1 fully saturated rings. The van der Waals surface area contributed by atoms with E-state index in [1.165, 1.54) is 44.2 Å². The van der Waals surface area contributed by atoms with Crippen molar-refractivity contribution in [3.8, 4) is 0 Å². The van der Waals surface area contributed by atoms with Gasteiger partial charge in [-0.15, -0.1) is 0 Å². The Bertz CT molecular complexity index is 443. The lowest BCUT2D eigenvalue weighted by atomic mass is 10.1. The molecule has 19 heavy (non-hydrogen) atoms. The summed E-state index contributed by atoms with van der Waals surface area (Å²) in [6.07, 6.45) is 6.17. The van der Waals surface area contributed by atoms with Crippen LogP contribution in [-0.2, 0) is 6.54 Å². The number of likely N-dealkylation sites (tertiary alicyclic amines) is 1.